The van der Waals surface area contributed by atoms with E-state index in [2.05, 4.69) is 5.16 Å². The first-order chi connectivity index (χ1) is 14.7. The van der Waals surface area contributed by atoms with Crippen LogP contribution < -0.4 is 9.47 Å². The Morgan fingerprint density at radius 3 is 2.60 bits per heavy atom. The van der Waals surface area contributed by atoms with Gasteiger partial charge in [0.15, 0.2) is 17.3 Å². The van der Waals surface area contributed by atoms with Crippen LogP contribution in [0.3, 0.4) is 0 Å². The van der Waals surface area contributed by atoms with Crippen LogP contribution in [-0.2, 0) is 17.9 Å². The van der Waals surface area contributed by atoms with Crippen molar-refractivity contribution in [2.45, 2.75) is 38.8 Å². The van der Waals surface area contributed by atoms with Gasteiger partial charge in [0.1, 0.15) is 11.5 Å². The van der Waals surface area contributed by atoms with Gasteiger partial charge in [-0.15, -0.1) is 0 Å². The SMILES string of the molecule is COc1ccc(-c2cc(CN(Cc3ccco3)C(=O)C3CCCC3)no2)cc1OC. The Balaban J connectivity index is 1.53. The van der Waals surface area contributed by atoms with Crippen molar-refractivity contribution in [3.8, 4) is 22.8 Å². The number of furan rings is 1. The lowest BCUT2D eigenvalue weighted by atomic mass is 10.1. The van der Waals surface area contributed by atoms with E-state index in [1.54, 1.807) is 20.5 Å². The summed E-state index contributed by atoms with van der Waals surface area (Å²) in [6.45, 7) is 0.785. The molecule has 1 saturated carbocycles. The highest BCUT2D eigenvalue weighted by Crippen LogP contribution is 2.33. The van der Waals surface area contributed by atoms with Crippen molar-refractivity contribution in [3.63, 3.8) is 0 Å². The van der Waals surface area contributed by atoms with Gasteiger partial charge in [-0.3, -0.25) is 4.79 Å². The molecule has 3 aromatic rings. The third-order valence-electron chi connectivity index (χ3n) is 5.52. The molecule has 7 heteroatoms. The molecule has 1 amide bonds. The van der Waals surface area contributed by atoms with Gasteiger partial charge in [-0.25, -0.2) is 0 Å². The molecule has 0 bridgehead atoms. The second kappa shape index (κ2) is 9.07. The fourth-order valence-electron chi connectivity index (χ4n) is 3.94. The van der Waals surface area contributed by atoms with E-state index in [1.165, 1.54) is 0 Å². The Kier molecular flexibility index (Phi) is 6.07. The molecule has 0 N–H and O–H groups in total. The van der Waals surface area contributed by atoms with E-state index in [1.807, 2.05) is 41.3 Å². The summed E-state index contributed by atoms with van der Waals surface area (Å²) in [6.07, 6.45) is 5.74. The van der Waals surface area contributed by atoms with E-state index in [0.29, 0.717) is 36.0 Å². The van der Waals surface area contributed by atoms with Crippen LogP contribution in [0.4, 0.5) is 0 Å². The summed E-state index contributed by atoms with van der Waals surface area (Å²) < 4.78 is 21.7. The number of ether oxygens (including phenoxy) is 2. The highest BCUT2D eigenvalue weighted by Gasteiger charge is 2.28. The lowest BCUT2D eigenvalue weighted by molar-refractivity contribution is -0.137. The molecule has 2 aromatic heterocycles. The third kappa shape index (κ3) is 4.35. The molecular weight excluding hydrogens is 384 g/mol. The number of nitrogens with zero attached hydrogens (tertiary/aromatic N) is 2. The molecule has 158 valence electrons. The summed E-state index contributed by atoms with van der Waals surface area (Å²) in [6, 6.07) is 11.1. The molecule has 1 fully saturated rings. The summed E-state index contributed by atoms with van der Waals surface area (Å²) >= 11 is 0. The minimum absolute atomic E-state index is 0.0807. The quantitative estimate of drug-likeness (QED) is 0.537. The van der Waals surface area contributed by atoms with Crippen LogP contribution >= 0.6 is 0 Å². The number of hydrogen-bond acceptors (Lipinski definition) is 6. The topological polar surface area (TPSA) is 77.9 Å². The van der Waals surface area contributed by atoms with Crippen molar-refractivity contribution < 1.29 is 23.2 Å². The molecule has 1 aliphatic carbocycles. The van der Waals surface area contributed by atoms with Crippen molar-refractivity contribution in [2.24, 2.45) is 5.92 Å². The molecule has 0 spiro atoms. The van der Waals surface area contributed by atoms with E-state index in [9.17, 15) is 4.79 Å². The number of carbonyl (C=O) groups excluding carboxylic acids is 1. The minimum atomic E-state index is 0.0807. The highest BCUT2D eigenvalue weighted by atomic mass is 16.5. The van der Waals surface area contributed by atoms with Crippen molar-refractivity contribution in [1.82, 2.24) is 10.1 Å². The number of carbonyl (C=O) groups is 1. The molecule has 1 aliphatic rings. The Hall–Kier alpha value is -3.22. The van der Waals surface area contributed by atoms with Crippen molar-refractivity contribution in [3.05, 3.63) is 54.1 Å². The number of methoxy groups -OCH3 is 2. The summed E-state index contributed by atoms with van der Waals surface area (Å²) in [5.41, 5.74) is 1.52. The first-order valence-corrected chi connectivity index (χ1v) is 10.2. The number of rotatable bonds is 8. The van der Waals surface area contributed by atoms with Gasteiger partial charge in [-0.1, -0.05) is 18.0 Å². The van der Waals surface area contributed by atoms with Gasteiger partial charge in [-0.2, -0.15) is 0 Å². The second-order valence-electron chi connectivity index (χ2n) is 7.51. The van der Waals surface area contributed by atoms with Crippen LogP contribution in [0.2, 0.25) is 0 Å². The van der Waals surface area contributed by atoms with Crippen LogP contribution in [0.15, 0.2) is 51.6 Å². The van der Waals surface area contributed by atoms with Gasteiger partial charge < -0.3 is 23.3 Å². The van der Waals surface area contributed by atoms with Gasteiger partial charge in [0.25, 0.3) is 0 Å². The molecule has 7 nitrogen and oxygen atoms in total. The first kappa shape index (κ1) is 20.1. The van der Waals surface area contributed by atoms with Gasteiger partial charge >= 0.3 is 0 Å². The molecule has 0 aliphatic heterocycles. The summed E-state index contributed by atoms with van der Waals surface area (Å²) in [4.78, 5) is 14.9. The Labute approximate surface area is 175 Å². The summed E-state index contributed by atoms with van der Waals surface area (Å²) in [5, 5.41) is 4.20. The van der Waals surface area contributed by atoms with Crippen molar-refractivity contribution >= 4 is 5.91 Å². The molecule has 30 heavy (non-hydrogen) atoms. The predicted molar refractivity (Wildman–Crippen MR) is 110 cm³/mol. The van der Waals surface area contributed by atoms with Crippen molar-refractivity contribution in [2.75, 3.05) is 14.2 Å². The monoisotopic (exact) mass is 410 g/mol. The smallest absolute Gasteiger partial charge is 0.226 e. The van der Waals surface area contributed by atoms with Crippen LogP contribution in [0.5, 0.6) is 11.5 Å². The lowest BCUT2D eigenvalue weighted by Crippen LogP contribution is -2.34. The Morgan fingerprint density at radius 2 is 1.90 bits per heavy atom. The molecule has 0 atom stereocenters. The maximum atomic E-state index is 13.1. The van der Waals surface area contributed by atoms with E-state index in [4.69, 9.17) is 18.4 Å². The molecule has 1 aromatic carbocycles. The zero-order valence-electron chi connectivity index (χ0n) is 17.3. The van der Waals surface area contributed by atoms with Gasteiger partial charge in [0.2, 0.25) is 5.91 Å². The number of hydrogen-bond donors (Lipinski definition) is 0. The van der Waals surface area contributed by atoms with E-state index in [0.717, 1.165) is 37.0 Å². The zero-order chi connectivity index (χ0) is 20.9. The van der Waals surface area contributed by atoms with E-state index < -0.39 is 0 Å². The number of aromatic nitrogens is 1. The normalized spacial score (nSPS) is 14.1. The Bertz CT molecular complexity index is 973. The highest BCUT2D eigenvalue weighted by molar-refractivity contribution is 5.79. The van der Waals surface area contributed by atoms with Crippen LogP contribution in [0, 0.1) is 5.92 Å². The third-order valence-corrected chi connectivity index (χ3v) is 5.52. The average Bonchev–Trinajstić information content (AvgIpc) is 3.55. The fourth-order valence-corrected chi connectivity index (χ4v) is 3.94. The van der Waals surface area contributed by atoms with Crippen molar-refractivity contribution in [1.29, 1.82) is 0 Å². The zero-order valence-corrected chi connectivity index (χ0v) is 17.3. The average molecular weight is 410 g/mol. The molecule has 0 saturated heterocycles. The molecule has 2 heterocycles. The summed E-state index contributed by atoms with van der Waals surface area (Å²) in [7, 11) is 3.19. The molecule has 4 rings (SSSR count). The minimum Gasteiger partial charge on any atom is -0.493 e. The number of amides is 1. The van der Waals surface area contributed by atoms with Crippen LogP contribution in [-0.4, -0.2) is 30.2 Å². The maximum absolute atomic E-state index is 13.1. The molecule has 0 unspecified atom stereocenters. The maximum Gasteiger partial charge on any atom is 0.226 e. The summed E-state index contributed by atoms with van der Waals surface area (Å²) in [5.74, 6) is 2.86. The standard InChI is InChI=1S/C23H26N2O5/c1-27-20-10-9-17(12-22(20)28-2)21-13-18(24-30-21)14-25(15-19-8-5-11-29-19)23(26)16-6-3-4-7-16/h5,8-13,16H,3-4,6-7,14-15H2,1-2H3. The van der Waals surface area contributed by atoms with E-state index in [-0.39, 0.29) is 11.8 Å². The first-order valence-electron chi connectivity index (χ1n) is 10.2. The Morgan fingerprint density at radius 1 is 1.10 bits per heavy atom. The molecular formula is C23H26N2O5. The van der Waals surface area contributed by atoms with Crippen LogP contribution in [0.25, 0.3) is 11.3 Å². The largest absolute Gasteiger partial charge is 0.493 e. The fraction of sp³-hybridized carbons (Fsp3) is 0.391. The lowest BCUT2D eigenvalue weighted by Gasteiger charge is -2.23. The molecule has 0 radical (unpaired) electrons. The van der Waals surface area contributed by atoms with E-state index >= 15 is 0 Å². The van der Waals surface area contributed by atoms with Gasteiger partial charge in [0, 0.05) is 17.5 Å². The van der Waals surface area contributed by atoms with Crippen LogP contribution in [0.1, 0.15) is 37.1 Å². The second-order valence-corrected chi connectivity index (χ2v) is 7.51. The van der Waals surface area contributed by atoms with Gasteiger partial charge in [0.05, 0.1) is 33.6 Å². The predicted octanol–water partition coefficient (Wildman–Crippen LogP) is 4.67. The van der Waals surface area contributed by atoms with Gasteiger partial charge in [-0.05, 0) is 43.2 Å². The number of benzene rings is 1.